The summed E-state index contributed by atoms with van der Waals surface area (Å²) in [5, 5.41) is 5.49. The smallest absolute Gasteiger partial charge is 0.409 e. The van der Waals surface area contributed by atoms with Crippen LogP contribution in [0.25, 0.3) is 0 Å². The summed E-state index contributed by atoms with van der Waals surface area (Å²) >= 11 is 0. The van der Waals surface area contributed by atoms with E-state index in [4.69, 9.17) is 4.74 Å². The molecule has 1 aliphatic heterocycles. The number of nitrogens with one attached hydrogen (secondary N) is 2. The molecule has 0 aromatic heterocycles. The molecule has 25 heavy (non-hydrogen) atoms. The number of carbonyl (C=O) groups is 2. The number of piperidine rings is 1. The lowest BCUT2D eigenvalue weighted by Crippen LogP contribution is -2.46. The normalized spacial score (nSPS) is 14.9. The van der Waals surface area contributed by atoms with Crippen molar-refractivity contribution >= 4 is 17.7 Å². The highest BCUT2D eigenvalue weighted by molar-refractivity contribution is 5.77. The molecule has 0 bridgehead atoms. The quantitative estimate of drug-likeness (QED) is 0.823. The fourth-order valence-corrected chi connectivity index (χ4v) is 2.69. The van der Waals surface area contributed by atoms with Gasteiger partial charge in [0.05, 0.1) is 6.61 Å². The van der Waals surface area contributed by atoms with Gasteiger partial charge in [0.25, 0.3) is 0 Å². The van der Waals surface area contributed by atoms with Crippen LogP contribution in [0.15, 0.2) is 18.2 Å². The van der Waals surface area contributed by atoms with Crippen LogP contribution >= 0.6 is 0 Å². The first-order chi connectivity index (χ1) is 12.0. The SMILES string of the molecule is CCOC(=O)N1CCC(NC(=O)CCNc2c(F)cccc2F)CC1. The van der Waals surface area contributed by atoms with Crippen molar-refractivity contribution in [2.75, 3.05) is 31.6 Å². The molecule has 1 saturated heterocycles. The zero-order valence-electron chi connectivity index (χ0n) is 14.2. The second kappa shape index (κ2) is 9.19. The van der Waals surface area contributed by atoms with Crippen LogP contribution in [0.2, 0.25) is 0 Å². The number of carbonyl (C=O) groups excluding carboxylic acids is 2. The summed E-state index contributed by atoms with van der Waals surface area (Å²) in [5.41, 5.74) is -0.224. The average Bonchev–Trinajstić information content (AvgIpc) is 2.58. The van der Waals surface area contributed by atoms with Gasteiger partial charge in [-0.25, -0.2) is 13.6 Å². The van der Waals surface area contributed by atoms with E-state index in [2.05, 4.69) is 10.6 Å². The second-order valence-electron chi connectivity index (χ2n) is 5.80. The Bertz CT molecular complexity index is 585. The first-order valence-electron chi connectivity index (χ1n) is 8.40. The number of likely N-dealkylation sites (tertiary alicyclic amines) is 1. The van der Waals surface area contributed by atoms with Gasteiger partial charge >= 0.3 is 6.09 Å². The molecule has 0 aliphatic carbocycles. The minimum absolute atomic E-state index is 0.0108. The third kappa shape index (κ3) is 5.58. The second-order valence-corrected chi connectivity index (χ2v) is 5.80. The van der Waals surface area contributed by atoms with Crippen molar-refractivity contribution in [1.29, 1.82) is 0 Å². The molecule has 1 heterocycles. The monoisotopic (exact) mass is 355 g/mol. The lowest BCUT2D eigenvalue weighted by molar-refractivity contribution is -0.121. The maximum atomic E-state index is 13.5. The zero-order valence-corrected chi connectivity index (χ0v) is 14.2. The summed E-state index contributed by atoms with van der Waals surface area (Å²) in [6.45, 7) is 3.29. The Balaban J connectivity index is 1.69. The predicted molar refractivity (Wildman–Crippen MR) is 89.2 cm³/mol. The minimum atomic E-state index is -0.688. The van der Waals surface area contributed by atoms with E-state index >= 15 is 0 Å². The Hall–Kier alpha value is -2.38. The molecule has 0 atom stereocenters. The van der Waals surface area contributed by atoms with E-state index in [9.17, 15) is 18.4 Å². The standard InChI is InChI=1S/C17H23F2N3O3/c1-2-25-17(24)22-10-7-12(8-11-22)21-15(23)6-9-20-16-13(18)4-3-5-14(16)19/h3-5,12,20H,2,6-11H2,1H3,(H,21,23). The van der Waals surface area contributed by atoms with E-state index in [0.717, 1.165) is 12.1 Å². The molecule has 1 aliphatic rings. The van der Waals surface area contributed by atoms with Crippen molar-refractivity contribution in [1.82, 2.24) is 10.2 Å². The Labute approximate surface area is 145 Å². The van der Waals surface area contributed by atoms with Gasteiger partial charge in [-0.15, -0.1) is 0 Å². The van der Waals surface area contributed by atoms with Gasteiger partial charge in [0.1, 0.15) is 17.3 Å². The molecule has 0 radical (unpaired) electrons. The summed E-state index contributed by atoms with van der Waals surface area (Å²) in [7, 11) is 0. The Kier molecular flexibility index (Phi) is 6.97. The number of benzene rings is 1. The van der Waals surface area contributed by atoms with Gasteiger partial charge in [0.2, 0.25) is 5.91 Å². The number of amides is 2. The molecule has 2 amide bonds. The summed E-state index contributed by atoms with van der Waals surface area (Å²) in [5.74, 6) is -1.57. The first kappa shape index (κ1) is 19.0. The molecule has 8 heteroatoms. The van der Waals surface area contributed by atoms with E-state index in [1.807, 2.05) is 0 Å². The van der Waals surface area contributed by atoms with E-state index < -0.39 is 11.6 Å². The van der Waals surface area contributed by atoms with Crippen LogP contribution in [-0.2, 0) is 9.53 Å². The maximum absolute atomic E-state index is 13.5. The summed E-state index contributed by atoms with van der Waals surface area (Å²) < 4.78 is 31.9. The molecule has 1 fully saturated rings. The molecule has 138 valence electrons. The Morgan fingerprint density at radius 3 is 2.48 bits per heavy atom. The third-order valence-electron chi connectivity index (χ3n) is 4.00. The minimum Gasteiger partial charge on any atom is -0.450 e. The van der Waals surface area contributed by atoms with Crippen LogP contribution in [-0.4, -0.2) is 49.2 Å². The highest BCUT2D eigenvalue weighted by atomic mass is 19.1. The highest BCUT2D eigenvalue weighted by Gasteiger charge is 2.24. The van der Waals surface area contributed by atoms with Crippen LogP contribution in [0, 0.1) is 11.6 Å². The van der Waals surface area contributed by atoms with Crippen molar-refractivity contribution < 1.29 is 23.1 Å². The maximum Gasteiger partial charge on any atom is 0.409 e. The van der Waals surface area contributed by atoms with Gasteiger partial charge < -0.3 is 20.3 Å². The predicted octanol–water partition coefficient (Wildman–Crippen LogP) is 2.50. The largest absolute Gasteiger partial charge is 0.450 e. The molecule has 6 nitrogen and oxygen atoms in total. The number of hydrogen-bond donors (Lipinski definition) is 2. The van der Waals surface area contributed by atoms with Crippen molar-refractivity contribution in [3.05, 3.63) is 29.8 Å². The van der Waals surface area contributed by atoms with Crippen LogP contribution < -0.4 is 10.6 Å². The molecule has 0 spiro atoms. The van der Waals surface area contributed by atoms with E-state index in [0.29, 0.717) is 32.5 Å². The molecule has 0 saturated carbocycles. The summed E-state index contributed by atoms with van der Waals surface area (Å²) in [6, 6.07) is 3.58. The van der Waals surface area contributed by atoms with Crippen molar-refractivity contribution in [3.63, 3.8) is 0 Å². The molecular weight excluding hydrogens is 332 g/mol. The fourth-order valence-electron chi connectivity index (χ4n) is 2.69. The number of hydrogen-bond acceptors (Lipinski definition) is 4. The number of nitrogens with zero attached hydrogens (tertiary/aromatic N) is 1. The van der Waals surface area contributed by atoms with Crippen LogP contribution in [0.3, 0.4) is 0 Å². The van der Waals surface area contributed by atoms with Crippen molar-refractivity contribution in [2.24, 2.45) is 0 Å². The third-order valence-corrected chi connectivity index (χ3v) is 4.00. The molecule has 1 aromatic carbocycles. The number of anilines is 1. The summed E-state index contributed by atoms with van der Waals surface area (Å²) in [4.78, 5) is 25.2. The van der Waals surface area contributed by atoms with Crippen LogP contribution in [0.5, 0.6) is 0 Å². The zero-order chi connectivity index (χ0) is 18.2. The molecular formula is C17H23F2N3O3. The molecule has 0 unspecified atom stereocenters. The van der Waals surface area contributed by atoms with Crippen molar-refractivity contribution in [3.8, 4) is 0 Å². The van der Waals surface area contributed by atoms with E-state index in [1.165, 1.54) is 6.07 Å². The van der Waals surface area contributed by atoms with E-state index in [1.54, 1.807) is 11.8 Å². The summed E-state index contributed by atoms with van der Waals surface area (Å²) in [6.07, 6.45) is 1.08. The van der Waals surface area contributed by atoms with Gasteiger partial charge in [-0.05, 0) is 31.9 Å². The lowest BCUT2D eigenvalue weighted by Gasteiger charge is -2.31. The highest BCUT2D eigenvalue weighted by Crippen LogP contribution is 2.17. The Morgan fingerprint density at radius 2 is 1.88 bits per heavy atom. The Morgan fingerprint density at radius 1 is 1.24 bits per heavy atom. The van der Waals surface area contributed by atoms with Gasteiger partial charge in [-0.3, -0.25) is 4.79 Å². The molecule has 1 aromatic rings. The number of rotatable bonds is 6. The van der Waals surface area contributed by atoms with Crippen molar-refractivity contribution in [2.45, 2.75) is 32.2 Å². The number of para-hydroxylation sites is 1. The van der Waals surface area contributed by atoms with E-state index in [-0.39, 0.29) is 36.7 Å². The van der Waals surface area contributed by atoms with Gasteiger partial charge in [-0.2, -0.15) is 0 Å². The number of halogens is 2. The number of ether oxygens (including phenoxy) is 1. The average molecular weight is 355 g/mol. The molecule has 2 rings (SSSR count). The van der Waals surface area contributed by atoms with Crippen LogP contribution in [0.4, 0.5) is 19.3 Å². The van der Waals surface area contributed by atoms with Gasteiger partial charge in [0, 0.05) is 32.1 Å². The topological polar surface area (TPSA) is 70.7 Å². The molecule has 2 N–H and O–H groups in total. The lowest BCUT2D eigenvalue weighted by atomic mass is 10.1. The fraction of sp³-hybridized carbons (Fsp3) is 0.529. The first-order valence-corrected chi connectivity index (χ1v) is 8.40. The van der Waals surface area contributed by atoms with Gasteiger partial charge in [0.15, 0.2) is 0 Å². The van der Waals surface area contributed by atoms with Gasteiger partial charge in [-0.1, -0.05) is 6.07 Å². The van der Waals surface area contributed by atoms with Crippen LogP contribution in [0.1, 0.15) is 26.2 Å².